The van der Waals surface area contributed by atoms with Crippen LogP contribution in [0.25, 0.3) is 22.4 Å². The number of sulfonamides is 1. The molecule has 11 nitrogen and oxygen atoms in total. The van der Waals surface area contributed by atoms with Gasteiger partial charge in [0.15, 0.2) is 0 Å². The van der Waals surface area contributed by atoms with Gasteiger partial charge < -0.3 is 10.3 Å². The van der Waals surface area contributed by atoms with E-state index in [9.17, 15) is 18.5 Å². The molecule has 0 radical (unpaired) electrons. The number of aromatic amines is 2. The van der Waals surface area contributed by atoms with Gasteiger partial charge in [0.05, 0.1) is 23.2 Å². The Morgan fingerprint density at radius 2 is 2.06 bits per heavy atom. The van der Waals surface area contributed by atoms with Crippen molar-refractivity contribution in [2.24, 2.45) is 0 Å². The van der Waals surface area contributed by atoms with Crippen molar-refractivity contribution >= 4 is 32.6 Å². The maximum atomic E-state index is 12.0. The normalized spacial score (nSPS) is 11.3. The Morgan fingerprint density at radius 1 is 1.25 bits per heavy atom. The first-order valence-electron chi connectivity index (χ1n) is 9.37. The van der Waals surface area contributed by atoms with Gasteiger partial charge in [-0.05, 0) is 18.2 Å². The molecule has 0 unspecified atom stereocenters. The van der Waals surface area contributed by atoms with E-state index in [1.807, 2.05) is 0 Å². The van der Waals surface area contributed by atoms with E-state index in [4.69, 9.17) is 0 Å². The number of hydrogen-bond acceptors (Lipinski definition) is 8. The Kier molecular flexibility index (Phi) is 5.33. The Morgan fingerprint density at radius 3 is 2.75 bits per heavy atom. The summed E-state index contributed by atoms with van der Waals surface area (Å²) in [4.78, 5) is 22.9. The molecular formula is C20H18N8O3S. The zero-order valence-electron chi connectivity index (χ0n) is 17.1. The fourth-order valence-corrected chi connectivity index (χ4v) is 3.65. The van der Waals surface area contributed by atoms with Crippen LogP contribution in [0.1, 0.15) is 11.1 Å². The topological polar surface area (TPSA) is 161 Å². The Balaban J connectivity index is 1.73. The van der Waals surface area contributed by atoms with Crippen LogP contribution in [0.4, 0.5) is 11.5 Å². The first kappa shape index (κ1) is 21.0. The number of nitriles is 1. The van der Waals surface area contributed by atoms with Crippen LogP contribution >= 0.6 is 0 Å². The molecule has 0 fully saturated rings. The molecule has 162 valence electrons. The van der Waals surface area contributed by atoms with Gasteiger partial charge in [0, 0.05) is 43.0 Å². The number of hydrogen-bond donors (Lipinski definition) is 3. The van der Waals surface area contributed by atoms with Crippen LogP contribution in [-0.2, 0) is 16.6 Å². The molecule has 0 atom stereocenters. The first-order chi connectivity index (χ1) is 15.3. The monoisotopic (exact) mass is 450 g/mol. The van der Waals surface area contributed by atoms with Crippen LogP contribution < -0.4 is 15.2 Å². The number of nitrogens with zero attached hydrogens (tertiary/aromatic N) is 5. The fraction of sp³-hybridized carbons (Fsp3) is 0.150. The van der Waals surface area contributed by atoms with Gasteiger partial charge in [-0.2, -0.15) is 10.4 Å². The zero-order valence-corrected chi connectivity index (χ0v) is 17.9. The highest BCUT2D eigenvalue weighted by Crippen LogP contribution is 2.30. The molecule has 3 N–H and O–H groups in total. The van der Waals surface area contributed by atoms with Crippen LogP contribution in [-0.4, -0.2) is 46.9 Å². The smallest absolute Gasteiger partial charge is 0.264 e. The minimum Gasteiger partial charge on any atom is -0.379 e. The molecule has 0 saturated heterocycles. The molecule has 0 amide bonds. The summed E-state index contributed by atoms with van der Waals surface area (Å²) in [6.45, 7) is 0.217. The third-order valence-corrected chi connectivity index (χ3v) is 6.02. The summed E-state index contributed by atoms with van der Waals surface area (Å²) in [7, 11) is -2.06. The number of H-pyrrole nitrogens is 2. The summed E-state index contributed by atoms with van der Waals surface area (Å²) in [5.41, 5.74) is 2.81. The number of pyridine rings is 2. The van der Waals surface area contributed by atoms with Crippen molar-refractivity contribution < 1.29 is 8.42 Å². The van der Waals surface area contributed by atoms with Crippen LogP contribution in [0.2, 0.25) is 0 Å². The maximum Gasteiger partial charge on any atom is 0.264 e. The molecule has 0 bridgehead atoms. The van der Waals surface area contributed by atoms with E-state index >= 15 is 0 Å². The van der Waals surface area contributed by atoms with Crippen LogP contribution in [0.15, 0.2) is 47.5 Å². The van der Waals surface area contributed by atoms with Crippen molar-refractivity contribution in [1.29, 1.82) is 5.26 Å². The zero-order chi connectivity index (χ0) is 22.9. The van der Waals surface area contributed by atoms with Gasteiger partial charge in [-0.25, -0.2) is 23.5 Å². The Labute approximate surface area is 182 Å². The molecule has 4 aromatic heterocycles. The second-order valence-corrected chi connectivity index (χ2v) is 8.99. The third kappa shape index (κ3) is 4.01. The number of nitrogens with one attached hydrogen (secondary N) is 3. The SMILES string of the molecule is CN(c1ncccc1CNc1c(C#N)cnc2[nH]c(-c3ccc(=O)[nH]n3)cc12)S(C)(=O)=O. The van der Waals surface area contributed by atoms with Gasteiger partial charge in [0.2, 0.25) is 10.0 Å². The number of aromatic nitrogens is 5. The highest BCUT2D eigenvalue weighted by Gasteiger charge is 2.18. The second kappa shape index (κ2) is 8.12. The molecule has 4 aromatic rings. The highest BCUT2D eigenvalue weighted by molar-refractivity contribution is 7.92. The van der Waals surface area contributed by atoms with Crippen LogP contribution in [0.3, 0.4) is 0 Å². The third-order valence-electron chi connectivity index (χ3n) is 4.85. The van der Waals surface area contributed by atoms with Gasteiger partial charge in [-0.15, -0.1) is 0 Å². The van der Waals surface area contributed by atoms with Crippen LogP contribution in [0, 0.1) is 11.3 Å². The van der Waals surface area contributed by atoms with E-state index in [0.717, 1.165) is 10.6 Å². The van der Waals surface area contributed by atoms with Gasteiger partial charge in [-0.3, -0.25) is 9.10 Å². The molecule has 0 aromatic carbocycles. The largest absolute Gasteiger partial charge is 0.379 e. The number of fused-ring (bicyclic) bond motifs is 1. The van der Waals surface area contributed by atoms with E-state index in [-0.39, 0.29) is 12.1 Å². The Hall–Kier alpha value is -4.24. The number of anilines is 2. The van der Waals surface area contributed by atoms with Crippen molar-refractivity contribution in [3.8, 4) is 17.5 Å². The quantitative estimate of drug-likeness (QED) is 0.399. The van der Waals surface area contributed by atoms with E-state index in [1.165, 1.54) is 25.5 Å². The second-order valence-electron chi connectivity index (χ2n) is 6.98. The average Bonchev–Trinajstić information content (AvgIpc) is 3.21. The molecule has 4 rings (SSSR count). The molecule has 0 spiro atoms. The summed E-state index contributed by atoms with van der Waals surface area (Å²) in [5, 5.41) is 19.8. The molecule has 32 heavy (non-hydrogen) atoms. The predicted octanol–water partition coefficient (Wildman–Crippen LogP) is 1.59. The molecule has 0 aliphatic carbocycles. The van der Waals surface area contributed by atoms with Crippen molar-refractivity contribution in [3.63, 3.8) is 0 Å². The summed E-state index contributed by atoms with van der Waals surface area (Å²) in [6, 6.07) is 10.3. The van der Waals surface area contributed by atoms with E-state index in [1.54, 1.807) is 24.3 Å². The van der Waals surface area contributed by atoms with E-state index < -0.39 is 10.0 Å². The summed E-state index contributed by atoms with van der Waals surface area (Å²) >= 11 is 0. The van der Waals surface area contributed by atoms with Gasteiger partial charge >= 0.3 is 0 Å². The minimum atomic E-state index is -3.50. The Bertz CT molecular complexity index is 1500. The lowest BCUT2D eigenvalue weighted by Gasteiger charge is -2.19. The standard InChI is InChI=1S/C20H18N8O3S/c1-28(32(2,30)31)20-12(4-3-7-22-20)10-23-18-13(9-21)11-24-19-14(18)8-16(25-19)15-5-6-17(29)27-26-15/h3-8,11H,10H2,1-2H3,(H,27,29)(H2,23,24,25). The van der Waals surface area contributed by atoms with Crippen molar-refractivity contribution in [3.05, 3.63) is 64.2 Å². The lowest BCUT2D eigenvalue weighted by atomic mass is 10.1. The molecule has 0 aliphatic rings. The maximum absolute atomic E-state index is 12.0. The fourth-order valence-electron chi connectivity index (χ4n) is 3.17. The van der Waals surface area contributed by atoms with Gasteiger partial charge in [0.25, 0.3) is 5.56 Å². The highest BCUT2D eigenvalue weighted by atomic mass is 32.2. The molecule has 12 heteroatoms. The minimum absolute atomic E-state index is 0.217. The molecular weight excluding hydrogens is 432 g/mol. The van der Waals surface area contributed by atoms with Crippen molar-refractivity contribution in [2.45, 2.75) is 6.54 Å². The molecule has 4 heterocycles. The van der Waals surface area contributed by atoms with Crippen molar-refractivity contribution in [1.82, 2.24) is 25.1 Å². The number of rotatable bonds is 6. The van der Waals surface area contributed by atoms with Crippen LogP contribution in [0.5, 0.6) is 0 Å². The lowest BCUT2D eigenvalue weighted by Crippen LogP contribution is -2.27. The summed E-state index contributed by atoms with van der Waals surface area (Å²) in [5.74, 6) is 0.290. The van der Waals surface area contributed by atoms with Gasteiger partial charge in [-0.1, -0.05) is 6.07 Å². The molecule has 0 saturated carbocycles. The molecule has 0 aliphatic heterocycles. The van der Waals surface area contributed by atoms with E-state index in [0.29, 0.717) is 45.1 Å². The lowest BCUT2D eigenvalue weighted by molar-refractivity contribution is 0.599. The van der Waals surface area contributed by atoms with Crippen molar-refractivity contribution in [2.75, 3.05) is 22.9 Å². The predicted molar refractivity (Wildman–Crippen MR) is 119 cm³/mol. The summed E-state index contributed by atoms with van der Waals surface area (Å²) in [6.07, 6.45) is 4.06. The van der Waals surface area contributed by atoms with Gasteiger partial charge in [0.1, 0.15) is 23.2 Å². The summed E-state index contributed by atoms with van der Waals surface area (Å²) < 4.78 is 25.1. The average molecular weight is 450 g/mol. The van der Waals surface area contributed by atoms with E-state index in [2.05, 4.69) is 36.5 Å². The first-order valence-corrected chi connectivity index (χ1v) is 11.2.